The van der Waals surface area contributed by atoms with E-state index in [-0.39, 0.29) is 18.2 Å². The summed E-state index contributed by atoms with van der Waals surface area (Å²) in [5, 5.41) is 5.64. The van der Waals surface area contributed by atoms with Crippen LogP contribution < -0.4 is 15.4 Å². The van der Waals surface area contributed by atoms with Crippen LogP contribution >= 0.6 is 0 Å². The number of pyridine rings is 1. The number of ether oxygens (including phenoxy) is 1. The summed E-state index contributed by atoms with van der Waals surface area (Å²) >= 11 is 0. The fourth-order valence-corrected chi connectivity index (χ4v) is 2.66. The van der Waals surface area contributed by atoms with Gasteiger partial charge in [-0.05, 0) is 36.8 Å². The molecular weight excluding hydrogens is 354 g/mol. The number of hydrogen-bond acceptors (Lipinski definition) is 4. The molecule has 0 saturated heterocycles. The lowest BCUT2D eigenvalue weighted by Gasteiger charge is -2.13. The van der Waals surface area contributed by atoms with E-state index in [0.717, 1.165) is 11.1 Å². The molecule has 3 rings (SSSR count). The first-order valence-corrected chi connectivity index (χ1v) is 8.80. The molecule has 2 aromatic carbocycles. The highest BCUT2D eigenvalue weighted by atomic mass is 16.5. The standard InChI is InChI=1S/C22H21N3O3/c1-15-5-7-16(8-6-15)12-21(26)24-18-9-10-19(20(13-18)28-2)25-22(27)17-4-3-11-23-14-17/h3-11,13-14H,12H2,1-2H3,(H,24,26)(H,25,27). The van der Waals surface area contributed by atoms with Gasteiger partial charge in [-0.1, -0.05) is 29.8 Å². The van der Waals surface area contributed by atoms with Crippen LogP contribution in [-0.4, -0.2) is 23.9 Å². The number of rotatable bonds is 6. The van der Waals surface area contributed by atoms with E-state index in [1.54, 1.807) is 36.5 Å². The van der Waals surface area contributed by atoms with Crippen molar-refractivity contribution in [3.05, 3.63) is 83.7 Å². The quantitative estimate of drug-likeness (QED) is 0.686. The van der Waals surface area contributed by atoms with Gasteiger partial charge in [-0.3, -0.25) is 14.6 Å². The molecule has 2 amide bonds. The number of amides is 2. The molecule has 0 unspecified atom stereocenters. The average Bonchev–Trinajstić information content (AvgIpc) is 2.71. The third-order valence-corrected chi connectivity index (χ3v) is 4.14. The Hall–Kier alpha value is -3.67. The molecule has 1 heterocycles. The smallest absolute Gasteiger partial charge is 0.257 e. The molecule has 0 aliphatic heterocycles. The van der Waals surface area contributed by atoms with E-state index in [2.05, 4.69) is 15.6 Å². The molecule has 0 fully saturated rings. The zero-order valence-electron chi connectivity index (χ0n) is 15.7. The van der Waals surface area contributed by atoms with E-state index in [4.69, 9.17) is 4.74 Å². The highest BCUT2D eigenvalue weighted by Crippen LogP contribution is 2.28. The van der Waals surface area contributed by atoms with E-state index in [1.807, 2.05) is 31.2 Å². The van der Waals surface area contributed by atoms with Gasteiger partial charge in [-0.15, -0.1) is 0 Å². The van der Waals surface area contributed by atoms with Crippen LogP contribution in [0.5, 0.6) is 5.75 Å². The van der Waals surface area contributed by atoms with Gasteiger partial charge in [0.1, 0.15) is 5.75 Å². The number of carbonyl (C=O) groups excluding carboxylic acids is 2. The second kappa shape index (κ2) is 8.81. The van der Waals surface area contributed by atoms with Crippen molar-refractivity contribution < 1.29 is 14.3 Å². The van der Waals surface area contributed by atoms with Crippen molar-refractivity contribution in [3.8, 4) is 5.75 Å². The van der Waals surface area contributed by atoms with Crippen molar-refractivity contribution >= 4 is 23.2 Å². The molecule has 1 aromatic heterocycles. The van der Waals surface area contributed by atoms with E-state index in [0.29, 0.717) is 22.7 Å². The van der Waals surface area contributed by atoms with Gasteiger partial charge in [0.15, 0.2) is 0 Å². The average molecular weight is 375 g/mol. The Balaban J connectivity index is 1.67. The van der Waals surface area contributed by atoms with Gasteiger partial charge in [-0.25, -0.2) is 0 Å². The minimum absolute atomic E-state index is 0.127. The largest absolute Gasteiger partial charge is 0.494 e. The van der Waals surface area contributed by atoms with Crippen LogP contribution in [0.25, 0.3) is 0 Å². The zero-order valence-corrected chi connectivity index (χ0v) is 15.7. The van der Waals surface area contributed by atoms with E-state index in [9.17, 15) is 9.59 Å². The van der Waals surface area contributed by atoms with Crippen LogP contribution in [0, 0.1) is 6.92 Å². The van der Waals surface area contributed by atoms with Gasteiger partial charge >= 0.3 is 0 Å². The first kappa shape index (κ1) is 19.1. The molecule has 0 aliphatic carbocycles. The lowest BCUT2D eigenvalue weighted by molar-refractivity contribution is -0.115. The number of nitrogens with zero attached hydrogens (tertiary/aromatic N) is 1. The summed E-state index contributed by atoms with van der Waals surface area (Å²) in [5.41, 5.74) is 3.63. The molecule has 3 aromatic rings. The lowest BCUT2D eigenvalue weighted by atomic mass is 10.1. The summed E-state index contributed by atoms with van der Waals surface area (Å²) in [6, 6.07) is 16.3. The second-order valence-corrected chi connectivity index (χ2v) is 6.32. The van der Waals surface area contributed by atoms with Gasteiger partial charge in [0.2, 0.25) is 5.91 Å². The molecule has 0 spiro atoms. The number of aromatic nitrogens is 1. The van der Waals surface area contributed by atoms with Crippen molar-refractivity contribution in [2.75, 3.05) is 17.7 Å². The summed E-state index contributed by atoms with van der Waals surface area (Å²) in [5.74, 6) is 0.0333. The monoisotopic (exact) mass is 375 g/mol. The molecule has 0 bridgehead atoms. The fourth-order valence-electron chi connectivity index (χ4n) is 2.66. The maximum Gasteiger partial charge on any atom is 0.257 e. The maximum atomic E-state index is 12.3. The fraction of sp³-hybridized carbons (Fsp3) is 0.136. The van der Waals surface area contributed by atoms with Crippen LogP contribution in [0.2, 0.25) is 0 Å². The third-order valence-electron chi connectivity index (χ3n) is 4.14. The number of nitrogens with one attached hydrogen (secondary N) is 2. The summed E-state index contributed by atoms with van der Waals surface area (Å²) in [6.07, 6.45) is 3.37. The first-order valence-electron chi connectivity index (χ1n) is 8.80. The SMILES string of the molecule is COc1cc(NC(=O)Cc2ccc(C)cc2)ccc1NC(=O)c1cccnc1. The molecule has 0 aliphatic rings. The van der Waals surface area contributed by atoms with Gasteiger partial charge in [0, 0.05) is 24.1 Å². The number of benzene rings is 2. The Morgan fingerprint density at radius 1 is 1.04 bits per heavy atom. The summed E-state index contributed by atoms with van der Waals surface area (Å²) < 4.78 is 5.35. The topological polar surface area (TPSA) is 80.3 Å². The van der Waals surface area contributed by atoms with Crippen molar-refractivity contribution in [2.45, 2.75) is 13.3 Å². The van der Waals surface area contributed by atoms with Crippen LogP contribution in [0.1, 0.15) is 21.5 Å². The van der Waals surface area contributed by atoms with E-state index < -0.39 is 0 Å². The molecule has 0 atom stereocenters. The van der Waals surface area contributed by atoms with Crippen LogP contribution in [0.3, 0.4) is 0 Å². The maximum absolute atomic E-state index is 12.3. The molecule has 6 nitrogen and oxygen atoms in total. The molecule has 6 heteroatoms. The van der Waals surface area contributed by atoms with Gasteiger partial charge in [0.25, 0.3) is 5.91 Å². The molecule has 0 radical (unpaired) electrons. The third kappa shape index (κ3) is 4.94. The van der Waals surface area contributed by atoms with Gasteiger partial charge in [0.05, 0.1) is 24.8 Å². The molecule has 28 heavy (non-hydrogen) atoms. The van der Waals surface area contributed by atoms with Crippen LogP contribution in [0.4, 0.5) is 11.4 Å². The second-order valence-electron chi connectivity index (χ2n) is 6.32. The molecular formula is C22H21N3O3. The van der Waals surface area contributed by atoms with E-state index >= 15 is 0 Å². The predicted molar refractivity (Wildman–Crippen MR) is 109 cm³/mol. The molecule has 0 saturated carbocycles. The van der Waals surface area contributed by atoms with E-state index in [1.165, 1.54) is 13.3 Å². The number of anilines is 2. The Kier molecular flexibility index (Phi) is 6.01. The Bertz CT molecular complexity index is 970. The molecule has 2 N–H and O–H groups in total. The highest BCUT2D eigenvalue weighted by Gasteiger charge is 2.12. The number of hydrogen-bond donors (Lipinski definition) is 2. The summed E-state index contributed by atoms with van der Waals surface area (Å²) in [4.78, 5) is 28.5. The molecule has 142 valence electrons. The predicted octanol–water partition coefficient (Wildman–Crippen LogP) is 3.83. The summed E-state index contributed by atoms with van der Waals surface area (Å²) in [6.45, 7) is 2.00. The van der Waals surface area contributed by atoms with Crippen LogP contribution in [-0.2, 0) is 11.2 Å². The highest BCUT2D eigenvalue weighted by molar-refractivity contribution is 6.05. The number of methoxy groups -OCH3 is 1. The minimum Gasteiger partial charge on any atom is -0.494 e. The van der Waals surface area contributed by atoms with Crippen LogP contribution in [0.15, 0.2) is 67.0 Å². The Labute approximate surface area is 163 Å². The number of aryl methyl sites for hydroxylation is 1. The Morgan fingerprint density at radius 3 is 2.50 bits per heavy atom. The minimum atomic E-state index is -0.289. The van der Waals surface area contributed by atoms with Crippen molar-refractivity contribution in [2.24, 2.45) is 0 Å². The first-order chi connectivity index (χ1) is 13.5. The normalized spacial score (nSPS) is 10.2. The number of carbonyl (C=O) groups is 2. The van der Waals surface area contributed by atoms with Crippen molar-refractivity contribution in [1.82, 2.24) is 4.98 Å². The lowest BCUT2D eigenvalue weighted by Crippen LogP contribution is -2.15. The zero-order chi connectivity index (χ0) is 19.9. The van der Waals surface area contributed by atoms with Gasteiger partial charge in [-0.2, -0.15) is 0 Å². The van der Waals surface area contributed by atoms with Crippen molar-refractivity contribution in [3.63, 3.8) is 0 Å². The van der Waals surface area contributed by atoms with Gasteiger partial charge < -0.3 is 15.4 Å². The summed E-state index contributed by atoms with van der Waals surface area (Å²) in [7, 11) is 1.51. The van der Waals surface area contributed by atoms with Crippen molar-refractivity contribution in [1.29, 1.82) is 0 Å². The Morgan fingerprint density at radius 2 is 1.82 bits per heavy atom.